The number of anilines is 2. The molecule has 0 radical (unpaired) electrons. The molecule has 3 aromatic carbocycles. The zero-order valence-electron chi connectivity index (χ0n) is 27.8. The number of likely N-dealkylation sites (N-methyl/N-ethyl adjacent to an activating group) is 1. The zero-order chi connectivity index (χ0) is 32.5. The van der Waals surface area contributed by atoms with E-state index in [1.807, 2.05) is 62.6 Å². The molecule has 5 rings (SSSR count). The van der Waals surface area contributed by atoms with Crippen LogP contribution in [-0.2, 0) is 4.74 Å². The molecule has 240 valence electrons. The Bertz CT molecular complexity index is 1650. The molecule has 0 saturated heterocycles. The highest BCUT2D eigenvalue weighted by molar-refractivity contribution is 6.15. The van der Waals surface area contributed by atoms with E-state index in [9.17, 15) is 0 Å². The molecule has 0 spiro atoms. The summed E-state index contributed by atoms with van der Waals surface area (Å²) in [7, 11) is 6.14. The Balaban J connectivity index is 1.38. The van der Waals surface area contributed by atoms with Crippen LogP contribution in [0.25, 0.3) is 16.8 Å². The number of allylic oxidation sites excluding steroid dienone is 2. The molecule has 1 saturated carbocycles. The summed E-state index contributed by atoms with van der Waals surface area (Å²) < 4.78 is 14.1. The van der Waals surface area contributed by atoms with Gasteiger partial charge < -0.3 is 29.7 Å². The van der Waals surface area contributed by atoms with Crippen LogP contribution >= 0.6 is 0 Å². The molecule has 1 fully saturated rings. The lowest BCUT2D eigenvalue weighted by Gasteiger charge is -2.20. The second-order valence-electron chi connectivity index (χ2n) is 11.9. The number of ether oxygens (including phenoxy) is 2. The number of nitrogens with zero attached hydrogens (tertiary/aromatic N) is 3. The van der Waals surface area contributed by atoms with Gasteiger partial charge >= 0.3 is 0 Å². The molecule has 0 bridgehead atoms. The third kappa shape index (κ3) is 8.36. The van der Waals surface area contributed by atoms with Crippen molar-refractivity contribution in [3.8, 4) is 28.3 Å². The molecule has 0 atom stereocenters. The van der Waals surface area contributed by atoms with E-state index in [1.54, 1.807) is 0 Å². The lowest BCUT2D eigenvalue weighted by Crippen LogP contribution is -2.21. The topological polar surface area (TPSA) is 65.8 Å². The number of benzene rings is 3. The predicted octanol–water partition coefficient (Wildman–Crippen LogP) is 8.76. The molecule has 1 aliphatic carbocycles. The first-order valence-electron chi connectivity index (χ1n) is 16.1. The molecule has 1 aromatic heterocycles. The summed E-state index contributed by atoms with van der Waals surface area (Å²) in [6, 6.07) is 27.1. The number of rotatable bonds is 16. The van der Waals surface area contributed by atoms with Gasteiger partial charge in [-0.3, -0.25) is 4.90 Å². The van der Waals surface area contributed by atoms with Crippen LogP contribution in [-0.4, -0.2) is 62.2 Å². The second kappa shape index (κ2) is 15.6. The maximum Gasteiger partial charge on any atom is 0.127 e. The maximum atomic E-state index is 9.16. The Morgan fingerprint density at radius 2 is 1.72 bits per heavy atom. The van der Waals surface area contributed by atoms with Gasteiger partial charge in [0.05, 0.1) is 12.3 Å². The van der Waals surface area contributed by atoms with E-state index < -0.39 is 0 Å². The third-order valence-electron chi connectivity index (χ3n) is 8.38. The molecular weight excluding hydrogens is 570 g/mol. The van der Waals surface area contributed by atoms with Crippen molar-refractivity contribution in [1.29, 1.82) is 5.41 Å². The van der Waals surface area contributed by atoms with Crippen molar-refractivity contribution in [3.05, 3.63) is 114 Å². The van der Waals surface area contributed by atoms with Crippen LogP contribution in [0.4, 0.5) is 11.5 Å². The molecule has 4 aromatic rings. The van der Waals surface area contributed by atoms with Gasteiger partial charge in [-0.05, 0) is 87.3 Å². The smallest absolute Gasteiger partial charge is 0.127 e. The van der Waals surface area contributed by atoms with E-state index in [1.165, 1.54) is 12.8 Å². The van der Waals surface area contributed by atoms with Crippen molar-refractivity contribution in [3.63, 3.8) is 0 Å². The summed E-state index contributed by atoms with van der Waals surface area (Å²) in [6.45, 7) is 6.22. The Labute approximate surface area is 274 Å². The molecule has 7 heteroatoms. The summed E-state index contributed by atoms with van der Waals surface area (Å²) in [5, 5.41) is 12.6. The van der Waals surface area contributed by atoms with Crippen molar-refractivity contribution >= 4 is 17.2 Å². The highest BCUT2D eigenvalue weighted by Crippen LogP contribution is 2.36. The predicted molar refractivity (Wildman–Crippen MR) is 192 cm³/mol. The van der Waals surface area contributed by atoms with E-state index in [0.717, 1.165) is 70.0 Å². The lowest BCUT2D eigenvalue weighted by atomic mass is 9.99. The molecule has 46 heavy (non-hydrogen) atoms. The van der Waals surface area contributed by atoms with Gasteiger partial charge in [0.25, 0.3) is 0 Å². The number of hydrogen-bond donors (Lipinski definition) is 2. The van der Waals surface area contributed by atoms with Gasteiger partial charge in [-0.2, -0.15) is 0 Å². The fourth-order valence-corrected chi connectivity index (χ4v) is 5.38. The fraction of sp³-hybridized carbons (Fsp3) is 0.308. The van der Waals surface area contributed by atoms with Crippen molar-refractivity contribution in [2.45, 2.75) is 39.2 Å². The zero-order valence-corrected chi connectivity index (χ0v) is 27.8. The Kier molecular flexibility index (Phi) is 11.1. The van der Waals surface area contributed by atoms with Gasteiger partial charge in [0, 0.05) is 55.4 Å². The van der Waals surface area contributed by atoms with Gasteiger partial charge in [0.2, 0.25) is 0 Å². The highest BCUT2D eigenvalue weighted by Gasteiger charge is 2.25. The molecule has 1 heterocycles. The Morgan fingerprint density at radius 3 is 2.41 bits per heavy atom. The van der Waals surface area contributed by atoms with E-state index in [4.69, 9.17) is 14.9 Å². The van der Waals surface area contributed by atoms with Crippen LogP contribution < -0.4 is 15.0 Å². The minimum Gasteiger partial charge on any atom is -0.457 e. The minimum absolute atomic E-state index is 0.472. The van der Waals surface area contributed by atoms with Crippen molar-refractivity contribution in [1.82, 2.24) is 9.47 Å². The van der Waals surface area contributed by atoms with Crippen LogP contribution in [0.5, 0.6) is 11.5 Å². The maximum absolute atomic E-state index is 9.16. The van der Waals surface area contributed by atoms with Crippen molar-refractivity contribution < 1.29 is 9.47 Å². The Morgan fingerprint density at radius 1 is 0.978 bits per heavy atom. The van der Waals surface area contributed by atoms with Gasteiger partial charge in [0.1, 0.15) is 24.0 Å². The summed E-state index contributed by atoms with van der Waals surface area (Å²) in [5.74, 6) is 2.42. The SMILES string of the molecule is CCC(C)=CC(=N)c1c(-c2ccc(Oc3ccccc3)cc2)cn(-c2cccc(N(C)COCC=CCN(C)C3CC3)c2)c1NC. The molecular formula is C39H47N5O2. The normalized spacial score (nSPS) is 13.4. The summed E-state index contributed by atoms with van der Waals surface area (Å²) in [6.07, 6.45) is 11.9. The van der Waals surface area contributed by atoms with Gasteiger partial charge in [-0.25, -0.2) is 0 Å². The summed E-state index contributed by atoms with van der Waals surface area (Å²) >= 11 is 0. The first-order chi connectivity index (χ1) is 22.4. The molecule has 0 aliphatic heterocycles. The number of aromatic nitrogens is 1. The summed E-state index contributed by atoms with van der Waals surface area (Å²) in [5.41, 5.74) is 6.52. The number of para-hydroxylation sites is 1. The first kappa shape index (κ1) is 32.8. The number of nitrogens with one attached hydrogen (secondary N) is 2. The first-order valence-corrected chi connectivity index (χ1v) is 16.1. The fourth-order valence-electron chi connectivity index (χ4n) is 5.38. The van der Waals surface area contributed by atoms with E-state index in [2.05, 4.69) is 95.3 Å². The molecule has 7 nitrogen and oxygen atoms in total. The molecule has 1 aliphatic rings. The van der Waals surface area contributed by atoms with Crippen molar-refractivity contribution in [2.24, 2.45) is 0 Å². The van der Waals surface area contributed by atoms with E-state index >= 15 is 0 Å². The average Bonchev–Trinajstić information content (AvgIpc) is 3.86. The van der Waals surface area contributed by atoms with Crippen LogP contribution in [0.1, 0.15) is 38.7 Å². The van der Waals surface area contributed by atoms with Crippen LogP contribution in [0, 0.1) is 5.41 Å². The van der Waals surface area contributed by atoms with Crippen LogP contribution in [0.15, 0.2) is 109 Å². The van der Waals surface area contributed by atoms with Crippen LogP contribution in [0.2, 0.25) is 0 Å². The van der Waals surface area contributed by atoms with Crippen molar-refractivity contribution in [2.75, 3.05) is 51.2 Å². The minimum atomic E-state index is 0.472. The molecule has 0 amide bonds. The van der Waals surface area contributed by atoms with Gasteiger partial charge in [0.15, 0.2) is 0 Å². The highest BCUT2D eigenvalue weighted by atomic mass is 16.5. The van der Waals surface area contributed by atoms with E-state index in [-0.39, 0.29) is 0 Å². The largest absolute Gasteiger partial charge is 0.457 e. The quantitative estimate of drug-likeness (QED) is 0.0570. The van der Waals surface area contributed by atoms with Gasteiger partial charge in [-0.15, -0.1) is 0 Å². The monoisotopic (exact) mass is 617 g/mol. The van der Waals surface area contributed by atoms with E-state index in [0.29, 0.717) is 19.0 Å². The summed E-state index contributed by atoms with van der Waals surface area (Å²) in [4.78, 5) is 4.50. The second-order valence-corrected chi connectivity index (χ2v) is 11.9. The average molecular weight is 618 g/mol. The van der Waals surface area contributed by atoms with Crippen LogP contribution in [0.3, 0.4) is 0 Å². The molecule has 0 unspecified atom stereocenters. The lowest BCUT2D eigenvalue weighted by molar-refractivity contribution is 0.165. The molecule has 2 N–H and O–H groups in total. The Hall–Kier alpha value is -4.59. The third-order valence-corrected chi connectivity index (χ3v) is 8.38. The van der Waals surface area contributed by atoms with Gasteiger partial charge in [-0.1, -0.05) is 61.0 Å². The number of hydrogen-bond acceptors (Lipinski definition) is 6. The standard InChI is InChI=1S/C39H47N5O2/c1-6-29(2)25-37(40)38-36(30-17-21-35(22-18-30)46-34-15-8-7-9-16-34)27-44(39(38)41-3)33-14-12-13-32(26-33)43(5)28-45-24-11-10-23-42(4)31-19-20-31/h7-18,21-22,25-27,31,40-41H,6,19-20,23-24,28H2,1-5H3.